The Morgan fingerprint density at radius 1 is 1.33 bits per heavy atom. The summed E-state index contributed by atoms with van der Waals surface area (Å²) in [5.74, 6) is 0.953. The summed E-state index contributed by atoms with van der Waals surface area (Å²) in [5.41, 5.74) is 1.38. The third kappa shape index (κ3) is 2.37. The summed E-state index contributed by atoms with van der Waals surface area (Å²) < 4.78 is 10.2. The summed E-state index contributed by atoms with van der Waals surface area (Å²) in [6.07, 6.45) is 0. The molecule has 15 heavy (non-hydrogen) atoms. The second-order valence-corrected chi connectivity index (χ2v) is 3.09. The second kappa shape index (κ2) is 4.63. The first-order valence-electron chi connectivity index (χ1n) is 4.42. The molecule has 1 rings (SSSR count). The molecule has 0 N–H and O–H groups in total. The van der Waals surface area contributed by atoms with Crippen LogP contribution >= 0.6 is 0 Å². The van der Waals surface area contributed by atoms with Crippen molar-refractivity contribution in [1.29, 1.82) is 0 Å². The highest BCUT2D eigenvalue weighted by Crippen LogP contribution is 2.33. The minimum Gasteiger partial charge on any atom is -0.493 e. The zero-order valence-electron chi connectivity index (χ0n) is 8.94. The van der Waals surface area contributed by atoms with Gasteiger partial charge in [0.25, 0.3) is 0 Å². The lowest BCUT2D eigenvalue weighted by atomic mass is 10.1. The molecule has 0 aliphatic heterocycles. The molecule has 5 nitrogen and oxygen atoms in total. The number of methoxy groups -OCH3 is 2. The van der Waals surface area contributed by atoms with Gasteiger partial charge in [-0.2, -0.15) is 0 Å². The van der Waals surface area contributed by atoms with Crippen molar-refractivity contribution in [1.82, 2.24) is 0 Å². The molecule has 0 heterocycles. The summed E-state index contributed by atoms with van der Waals surface area (Å²) in [6.45, 7) is 1.55. The second-order valence-electron chi connectivity index (χ2n) is 3.09. The van der Waals surface area contributed by atoms with Gasteiger partial charge in [-0.05, 0) is 18.6 Å². The molecule has 0 spiro atoms. The largest absolute Gasteiger partial charge is 0.493 e. The van der Waals surface area contributed by atoms with Gasteiger partial charge in [0.05, 0.1) is 19.8 Å². The van der Waals surface area contributed by atoms with E-state index in [2.05, 4.69) is 0 Å². The molecule has 1 aromatic carbocycles. The van der Waals surface area contributed by atoms with Gasteiger partial charge in [0.1, 0.15) is 0 Å². The molecule has 0 radical (unpaired) electrons. The maximum Gasteiger partial charge on any atom is 0.232 e. The topological polar surface area (TPSA) is 61.6 Å². The Morgan fingerprint density at radius 3 is 2.47 bits per heavy atom. The van der Waals surface area contributed by atoms with Crippen LogP contribution in [0.15, 0.2) is 12.1 Å². The Bertz CT molecular complexity index is 376. The van der Waals surface area contributed by atoms with Gasteiger partial charge >= 0.3 is 0 Å². The Kier molecular flexibility index (Phi) is 3.49. The lowest BCUT2D eigenvalue weighted by Gasteiger charge is -2.12. The van der Waals surface area contributed by atoms with Crippen LogP contribution in [-0.2, 0) is 6.54 Å². The van der Waals surface area contributed by atoms with Crippen LogP contribution in [0.4, 0.5) is 0 Å². The van der Waals surface area contributed by atoms with Gasteiger partial charge in [-0.3, -0.25) is 10.1 Å². The minimum atomic E-state index is -0.385. The van der Waals surface area contributed by atoms with Crippen LogP contribution in [0.1, 0.15) is 11.1 Å². The third-order valence-corrected chi connectivity index (χ3v) is 2.17. The van der Waals surface area contributed by atoms with E-state index < -0.39 is 0 Å². The van der Waals surface area contributed by atoms with Crippen LogP contribution in [0.25, 0.3) is 0 Å². The van der Waals surface area contributed by atoms with Gasteiger partial charge in [0.2, 0.25) is 6.54 Å². The quantitative estimate of drug-likeness (QED) is 0.562. The van der Waals surface area contributed by atoms with E-state index in [1.807, 2.05) is 0 Å². The van der Waals surface area contributed by atoms with Gasteiger partial charge in [0, 0.05) is 4.92 Å². The molecule has 5 heteroatoms. The van der Waals surface area contributed by atoms with Crippen molar-refractivity contribution in [3.8, 4) is 11.5 Å². The molecule has 0 saturated heterocycles. The van der Waals surface area contributed by atoms with Crippen molar-refractivity contribution in [2.45, 2.75) is 13.5 Å². The molecule has 0 fully saturated rings. The van der Waals surface area contributed by atoms with E-state index in [-0.39, 0.29) is 11.5 Å². The van der Waals surface area contributed by atoms with Crippen molar-refractivity contribution in [3.05, 3.63) is 33.4 Å². The van der Waals surface area contributed by atoms with Crippen molar-refractivity contribution < 1.29 is 14.4 Å². The van der Waals surface area contributed by atoms with Crippen LogP contribution < -0.4 is 9.47 Å². The maximum absolute atomic E-state index is 10.5. The van der Waals surface area contributed by atoms with Crippen LogP contribution in [0.5, 0.6) is 11.5 Å². The number of nitrogens with zero attached hydrogens (tertiary/aromatic N) is 1. The monoisotopic (exact) mass is 211 g/mol. The van der Waals surface area contributed by atoms with E-state index in [9.17, 15) is 10.1 Å². The Morgan fingerprint density at radius 2 is 2.00 bits per heavy atom. The van der Waals surface area contributed by atoms with Crippen LogP contribution in [0.2, 0.25) is 0 Å². The van der Waals surface area contributed by atoms with Crippen LogP contribution in [0, 0.1) is 17.0 Å². The fourth-order valence-corrected chi connectivity index (χ4v) is 1.41. The molecule has 0 aliphatic carbocycles. The lowest BCUT2D eigenvalue weighted by Crippen LogP contribution is -2.04. The average Bonchev–Trinajstić information content (AvgIpc) is 2.20. The number of nitro groups is 1. The van der Waals surface area contributed by atoms with Gasteiger partial charge in [-0.25, -0.2) is 0 Å². The zero-order valence-corrected chi connectivity index (χ0v) is 8.94. The molecule has 0 atom stereocenters. The highest BCUT2D eigenvalue weighted by Gasteiger charge is 2.16. The minimum absolute atomic E-state index is 0.258. The van der Waals surface area contributed by atoms with E-state index in [1.165, 1.54) is 14.2 Å². The number of hydrogen-bond donors (Lipinski definition) is 0. The SMILES string of the molecule is COc1ccc(C)c(C[N+](=O)[O-])c1OC. The van der Waals surface area contributed by atoms with Crippen molar-refractivity contribution in [3.63, 3.8) is 0 Å². The molecule has 0 aromatic heterocycles. The van der Waals surface area contributed by atoms with Gasteiger partial charge in [0.15, 0.2) is 11.5 Å². The molecule has 0 bridgehead atoms. The van der Waals surface area contributed by atoms with E-state index in [1.54, 1.807) is 19.1 Å². The first kappa shape index (κ1) is 11.3. The average molecular weight is 211 g/mol. The number of hydrogen-bond acceptors (Lipinski definition) is 4. The highest BCUT2D eigenvalue weighted by molar-refractivity contribution is 5.50. The van der Waals surface area contributed by atoms with Gasteiger partial charge < -0.3 is 9.47 Å². The number of benzene rings is 1. The summed E-state index contributed by atoms with van der Waals surface area (Å²) in [5, 5.41) is 10.5. The number of ether oxygens (including phenoxy) is 2. The summed E-state index contributed by atoms with van der Waals surface area (Å²) in [7, 11) is 2.98. The first-order chi connectivity index (χ1) is 7.10. The molecule has 0 unspecified atom stereocenters. The summed E-state index contributed by atoms with van der Waals surface area (Å²) in [6, 6.07) is 3.51. The third-order valence-electron chi connectivity index (χ3n) is 2.17. The van der Waals surface area contributed by atoms with Gasteiger partial charge in [-0.1, -0.05) is 6.07 Å². The highest BCUT2D eigenvalue weighted by atomic mass is 16.6. The van der Waals surface area contributed by atoms with Crippen molar-refractivity contribution >= 4 is 0 Å². The first-order valence-corrected chi connectivity index (χ1v) is 4.42. The van der Waals surface area contributed by atoms with Crippen LogP contribution in [0.3, 0.4) is 0 Å². The predicted molar refractivity (Wildman–Crippen MR) is 55.0 cm³/mol. The Balaban J connectivity index is 3.25. The number of aryl methyl sites for hydroxylation is 1. The van der Waals surface area contributed by atoms with E-state index >= 15 is 0 Å². The Labute approximate surface area is 87.8 Å². The smallest absolute Gasteiger partial charge is 0.232 e. The Hall–Kier alpha value is -1.78. The number of rotatable bonds is 4. The molecule has 0 amide bonds. The van der Waals surface area contributed by atoms with E-state index in [0.717, 1.165) is 5.56 Å². The van der Waals surface area contributed by atoms with Crippen LogP contribution in [-0.4, -0.2) is 19.1 Å². The fraction of sp³-hybridized carbons (Fsp3) is 0.400. The molecule has 0 aliphatic rings. The fourth-order valence-electron chi connectivity index (χ4n) is 1.41. The van der Waals surface area contributed by atoms with Crippen molar-refractivity contribution in [2.24, 2.45) is 0 Å². The normalized spacial score (nSPS) is 9.80. The zero-order chi connectivity index (χ0) is 11.4. The van der Waals surface area contributed by atoms with Crippen molar-refractivity contribution in [2.75, 3.05) is 14.2 Å². The van der Waals surface area contributed by atoms with Gasteiger partial charge in [-0.15, -0.1) is 0 Å². The molecule has 1 aromatic rings. The van der Waals surface area contributed by atoms with E-state index in [0.29, 0.717) is 17.1 Å². The molecule has 0 saturated carbocycles. The molecular formula is C10H13NO4. The summed E-state index contributed by atoms with van der Waals surface area (Å²) >= 11 is 0. The van der Waals surface area contributed by atoms with E-state index in [4.69, 9.17) is 9.47 Å². The maximum atomic E-state index is 10.5. The lowest BCUT2D eigenvalue weighted by molar-refractivity contribution is -0.497. The standard InChI is InChI=1S/C10H13NO4/c1-7-4-5-9(14-2)10(15-3)8(7)6-11(12)13/h4-5H,6H2,1-3H3. The summed E-state index contributed by atoms with van der Waals surface area (Å²) in [4.78, 5) is 10.1. The molecular weight excluding hydrogens is 198 g/mol. The predicted octanol–water partition coefficient (Wildman–Crippen LogP) is 1.79. The molecule has 82 valence electrons.